The lowest BCUT2D eigenvalue weighted by atomic mass is 10.1. The van der Waals surface area contributed by atoms with Crippen LogP contribution in [0.4, 0.5) is 19.0 Å². The van der Waals surface area contributed by atoms with E-state index in [1.165, 1.54) is 13.2 Å². The van der Waals surface area contributed by atoms with Crippen molar-refractivity contribution < 1.29 is 22.7 Å². The Kier molecular flexibility index (Phi) is 5.91. The monoisotopic (exact) mass is 416 g/mol. The predicted octanol–water partition coefficient (Wildman–Crippen LogP) is 4.74. The summed E-state index contributed by atoms with van der Waals surface area (Å²) in [7, 11) is 1.33. The number of anilines is 1. The van der Waals surface area contributed by atoms with Crippen molar-refractivity contribution in [1.29, 1.82) is 0 Å². The molecule has 0 aliphatic carbocycles. The van der Waals surface area contributed by atoms with Crippen LogP contribution in [0.5, 0.6) is 0 Å². The van der Waals surface area contributed by atoms with Crippen molar-refractivity contribution in [3.05, 3.63) is 76.7 Å². The summed E-state index contributed by atoms with van der Waals surface area (Å²) in [5, 5.41) is 4.06. The third-order valence-corrected chi connectivity index (χ3v) is 4.49. The summed E-state index contributed by atoms with van der Waals surface area (Å²) in [4.78, 5) is 15.8. The Labute approximate surface area is 171 Å². The van der Waals surface area contributed by atoms with Crippen LogP contribution in [0, 0.1) is 13.8 Å². The van der Waals surface area contributed by atoms with Gasteiger partial charge in [-0.2, -0.15) is 18.3 Å². The average Bonchev–Trinajstić information content (AvgIpc) is 3.00. The molecule has 0 atom stereocenters. The maximum absolute atomic E-state index is 12.6. The van der Waals surface area contributed by atoms with E-state index in [1.807, 2.05) is 36.6 Å². The predicted molar refractivity (Wildman–Crippen MR) is 107 cm³/mol. The molecule has 1 N–H and O–H groups in total. The summed E-state index contributed by atoms with van der Waals surface area (Å²) < 4.78 is 44.6. The first-order chi connectivity index (χ1) is 14.2. The second-order valence-corrected chi connectivity index (χ2v) is 6.47. The molecule has 0 aliphatic rings. The molecule has 0 fully saturated rings. The molecule has 0 radical (unpaired) electrons. The highest BCUT2D eigenvalue weighted by molar-refractivity contribution is 5.94. The van der Waals surface area contributed by atoms with Crippen molar-refractivity contribution in [2.75, 3.05) is 12.5 Å². The van der Waals surface area contributed by atoms with Gasteiger partial charge in [0.25, 0.3) is 0 Å². The number of carbonyl (C=O) groups is 1. The normalized spacial score (nSPS) is 11.7. The SMILES string of the molecule is COC(=O)c1ccccc1-n1c(C)cc(/C=N\Nc2ccc(C(F)(F)F)cn2)c1C. The van der Waals surface area contributed by atoms with Gasteiger partial charge in [-0.3, -0.25) is 5.43 Å². The lowest BCUT2D eigenvalue weighted by molar-refractivity contribution is -0.137. The van der Waals surface area contributed by atoms with E-state index in [4.69, 9.17) is 4.74 Å². The number of ether oxygens (including phenoxy) is 1. The van der Waals surface area contributed by atoms with Crippen LogP contribution in [0.3, 0.4) is 0 Å². The van der Waals surface area contributed by atoms with E-state index in [0.717, 1.165) is 29.2 Å². The number of nitrogens with one attached hydrogen (secondary N) is 1. The fraction of sp³-hybridized carbons (Fsp3) is 0.190. The number of hydrogen-bond donors (Lipinski definition) is 1. The molecular weight excluding hydrogens is 397 g/mol. The molecule has 0 saturated heterocycles. The van der Waals surface area contributed by atoms with Gasteiger partial charge in [0.05, 0.1) is 30.1 Å². The van der Waals surface area contributed by atoms with Crippen LogP contribution in [0.25, 0.3) is 5.69 Å². The number of methoxy groups -OCH3 is 1. The van der Waals surface area contributed by atoms with E-state index in [-0.39, 0.29) is 5.82 Å². The molecule has 0 aliphatic heterocycles. The number of pyridine rings is 1. The number of carbonyl (C=O) groups excluding carboxylic acids is 1. The van der Waals surface area contributed by atoms with Gasteiger partial charge >= 0.3 is 12.1 Å². The maximum atomic E-state index is 12.6. The van der Waals surface area contributed by atoms with Gasteiger partial charge in [0, 0.05) is 23.1 Å². The number of alkyl halides is 3. The van der Waals surface area contributed by atoms with Crippen LogP contribution in [0.1, 0.15) is 32.9 Å². The van der Waals surface area contributed by atoms with Gasteiger partial charge in [-0.1, -0.05) is 12.1 Å². The number of nitrogens with zero attached hydrogens (tertiary/aromatic N) is 3. The third-order valence-electron chi connectivity index (χ3n) is 4.49. The van der Waals surface area contributed by atoms with E-state index in [9.17, 15) is 18.0 Å². The molecule has 0 bridgehead atoms. The molecule has 0 saturated carbocycles. The van der Waals surface area contributed by atoms with Gasteiger partial charge in [0.15, 0.2) is 0 Å². The number of aromatic nitrogens is 2. The summed E-state index contributed by atoms with van der Waals surface area (Å²) in [6.45, 7) is 3.77. The Morgan fingerprint density at radius 2 is 1.93 bits per heavy atom. The quantitative estimate of drug-likeness (QED) is 0.371. The first kappa shape index (κ1) is 21.1. The van der Waals surface area contributed by atoms with Gasteiger partial charge in [-0.15, -0.1) is 0 Å². The minimum atomic E-state index is -4.44. The fourth-order valence-corrected chi connectivity index (χ4v) is 3.04. The van der Waals surface area contributed by atoms with Crippen LogP contribution < -0.4 is 5.43 Å². The van der Waals surface area contributed by atoms with Crippen LogP contribution in [0.2, 0.25) is 0 Å². The van der Waals surface area contributed by atoms with E-state index in [0.29, 0.717) is 11.3 Å². The zero-order valence-electron chi connectivity index (χ0n) is 16.5. The molecule has 0 unspecified atom stereocenters. The number of halogens is 3. The van der Waals surface area contributed by atoms with E-state index < -0.39 is 17.7 Å². The Morgan fingerprint density at radius 1 is 1.20 bits per heavy atom. The van der Waals surface area contributed by atoms with Gasteiger partial charge in [0.2, 0.25) is 0 Å². The molecule has 3 rings (SSSR count). The first-order valence-electron chi connectivity index (χ1n) is 8.91. The van der Waals surface area contributed by atoms with E-state index in [2.05, 4.69) is 15.5 Å². The Balaban J connectivity index is 1.84. The first-order valence-corrected chi connectivity index (χ1v) is 8.91. The number of aryl methyl sites for hydroxylation is 1. The average molecular weight is 416 g/mol. The molecule has 1 aromatic carbocycles. The Bertz CT molecular complexity index is 1090. The summed E-state index contributed by atoms with van der Waals surface area (Å²) in [5.41, 5.74) is 5.36. The van der Waals surface area contributed by atoms with Crippen LogP contribution in [-0.4, -0.2) is 28.8 Å². The minimum absolute atomic E-state index is 0.184. The Morgan fingerprint density at radius 3 is 2.57 bits per heavy atom. The highest BCUT2D eigenvalue weighted by atomic mass is 19.4. The number of para-hydroxylation sites is 1. The number of hydrogen-bond acceptors (Lipinski definition) is 5. The van der Waals surface area contributed by atoms with Crippen molar-refractivity contribution in [3.63, 3.8) is 0 Å². The number of benzene rings is 1. The molecule has 0 spiro atoms. The lowest BCUT2D eigenvalue weighted by Gasteiger charge is -2.13. The summed E-state index contributed by atoms with van der Waals surface area (Å²) in [6, 6.07) is 11.1. The highest BCUT2D eigenvalue weighted by Gasteiger charge is 2.30. The van der Waals surface area contributed by atoms with Gasteiger partial charge in [-0.05, 0) is 44.2 Å². The molecule has 3 aromatic rings. The van der Waals surface area contributed by atoms with Crippen molar-refractivity contribution in [2.45, 2.75) is 20.0 Å². The van der Waals surface area contributed by atoms with Crippen molar-refractivity contribution in [2.24, 2.45) is 5.10 Å². The zero-order chi connectivity index (χ0) is 21.9. The second-order valence-electron chi connectivity index (χ2n) is 6.47. The zero-order valence-corrected chi connectivity index (χ0v) is 16.5. The standard InChI is InChI=1S/C21H19F3N4O2/c1-13-10-15(11-26-27-19-9-8-16(12-25-19)21(22,23)24)14(2)28(13)18-7-5-4-6-17(18)20(29)30-3/h4-12H,1-3H3,(H,25,27)/b26-11-. The number of esters is 1. The van der Waals surface area contributed by atoms with Crippen LogP contribution in [0.15, 0.2) is 53.8 Å². The van der Waals surface area contributed by atoms with Gasteiger partial charge in [-0.25, -0.2) is 9.78 Å². The molecule has 30 heavy (non-hydrogen) atoms. The lowest BCUT2D eigenvalue weighted by Crippen LogP contribution is -2.09. The van der Waals surface area contributed by atoms with Gasteiger partial charge in [0.1, 0.15) is 5.82 Å². The van der Waals surface area contributed by atoms with Crippen LogP contribution in [-0.2, 0) is 10.9 Å². The number of rotatable bonds is 5. The second kappa shape index (κ2) is 8.40. The van der Waals surface area contributed by atoms with E-state index >= 15 is 0 Å². The highest BCUT2D eigenvalue weighted by Crippen LogP contribution is 2.29. The number of hydrazone groups is 1. The Hall–Kier alpha value is -3.62. The summed E-state index contributed by atoms with van der Waals surface area (Å²) >= 11 is 0. The van der Waals surface area contributed by atoms with Crippen LogP contribution >= 0.6 is 0 Å². The smallest absolute Gasteiger partial charge is 0.417 e. The molecule has 156 valence electrons. The molecule has 9 heteroatoms. The molecule has 2 aromatic heterocycles. The summed E-state index contributed by atoms with van der Waals surface area (Å²) in [6.07, 6.45) is -2.15. The maximum Gasteiger partial charge on any atom is 0.417 e. The largest absolute Gasteiger partial charge is 0.465 e. The van der Waals surface area contributed by atoms with Crippen molar-refractivity contribution >= 4 is 18.0 Å². The minimum Gasteiger partial charge on any atom is -0.465 e. The van der Waals surface area contributed by atoms with Crippen molar-refractivity contribution in [3.8, 4) is 5.69 Å². The van der Waals surface area contributed by atoms with E-state index in [1.54, 1.807) is 18.3 Å². The van der Waals surface area contributed by atoms with Gasteiger partial charge < -0.3 is 9.30 Å². The topological polar surface area (TPSA) is 68.5 Å². The molecule has 6 nitrogen and oxygen atoms in total. The fourth-order valence-electron chi connectivity index (χ4n) is 3.04. The molecule has 2 heterocycles. The molecular formula is C21H19F3N4O2. The third kappa shape index (κ3) is 4.35. The summed E-state index contributed by atoms with van der Waals surface area (Å²) in [5.74, 6) is -0.257. The molecule has 0 amide bonds. The van der Waals surface area contributed by atoms with Crippen molar-refractivity contribution in [1.82, 2.24) is 9.55 Å².